The first-order chi connectivity index (χ1) is 43.5. The largest absolute Gasteiger partial charge is 1.00 e. The molecule has 0 unspecified atom stereocenters. The minimum absolute atomic E-state index is 0. The second-order valence-electron chi connectivity index (χ2n) is 17.8. The van der Waals surface area contributed by atoms with Gasteiger partial charge in [0.25, 0.3) is 5.91 Å². The number of aryl methyl sites for hydroxylation is 2. The maximum atomic E-state index is 12.6. The Bertz CT molecular complexity index is 4670. The van der Waals surface area contributed by atoms with E-state index in [1.807, 2.05) is 97.2 Å². The van der Waals surface area contributed by atoms with Crippen LogP contribution >= 0.6 is 92.8 Å². The first kappa shape index (κ1) is 73.8. The third-order valence-electron chi connectivity index (χ3n) is 12.5. The predicted molar refractivity (Wildman–Crippen MR) is 346 cm³/mol. The van der Waals surface area contributed by atoms with Gasteiger partial charge in [0.2, 0.25) is 0 Å². The van der Waals surface area contributed by atoms with Crippen LogP contribution in [0.2, 0.25) is 40.2 Å². The van der Waals surface area contributed by atoms with Gasteiger partial charge in [-0.1, -0.05) is 125 Å². The minimum Gasteiger partial charge on any atom is -0.870 e. The maximum absolute atomic E-state index is 12.6. The fraction of sp³-hybridized carbons (Fsp3) is 0.0645. The number of rotatable bonds is 8. The molecule has 0 aliphatic carbocycles. The second-order valence-corrected chi connectivity index (χ2v) is 21.1. The van der Waals surface area contributed by atoms with Crippen LogP contribution in [0.15, 0.2) is 183 Å². The Labute approximate surface area is 574 Å². The van der Waals surface area contributed by atoms with Crippen LogP contribution < -0.4 is 24.2 Å². The van der Waals surface area contributed by atoms with E-state index in [-0.39, 0.29) is 59.3 Å². The average Bonchev–Trinajstić information content (AvgIpc) is 1.65. The van der Waals surface area contributed by atoms with Crippen molar-refractivity contribution in [3.8, 4) is 22.7 Å². The Morgan fingerprint density at radius 2 is 0.717 bits per heavy atom. The minimum atomic E-state index is -0.365. The molecule has 0 aliphatic heterocycles. The van der Waals surface area contributed by atoms with Crippen molar-refractivity contribution in [2.75, 3.05) is 5.32 Å². The molecule has 5 aromatic carbocycles. The first-order valence-corrected chi connectivity index (χ1v) is 29.0. The number of hydrogen-bond donors (Lipinski definition) is 1. The Kier molecular flexibility index (Phi) is 29.0. The molecule has 0 radical (unpaired) electrons. The number of nitrogens with one attached hydrogen (secondary N) is 1. The summed E-state index contributed by atoms with van der Waals surface area (Å²) in [7, 11) is 0. The summed E-state index contributed by atoms with van der Waals surface area (Å²) >= 11 is 48.8. The van der Waals surface area contributed by atoms with E-state index in [1.54, 1.807) is 98.4 Å². The van der Waals surface area contributed by atoms with Gasteiger partial charge in [0.05, 0.1) is 94.7 Å². The third-order valence-corrected chi connectivity index (χ3v) is 15.1. The van der Waals surface area contributed by atoms with Crippen LogP contribution in [0.5, 0.6) is 0 Å². The summed E-state index contributed by atoms with van der Waals surface area (Å²) in [5.74, 6) is -0.365. The number of pyridine rings is 4. The summed E-state index contributed by atoms with van der Waals surface area (Å²) < 4.78 is 6.94. The standard InChI is InChI=1S/C19H11Cl3N4O.C14H11Cl2N3.C14H12ClN3.C12H7Cl2N3.3CO2.Li.H2O/c20-11-1-5-13(6-2-11)25-19(27)16-9-23-18-15(17(16)22)10-24-26(18)14-7-3-12(21)4-8-14;1-2-9-7-17-14-12(13(9)16)8-18-19(14)11-5-3-10(15)4-6-11;1-2-10-8-16-14-12(13(10)15)9-17-18(14)11-6-4-3-5-7-11;13-8-1-3-9(4-2-8)17-12-10(7-16-17)11(14)5-6-15-12;3*2-1-3;;/h1-10H,(H,25,27);3-8H,2H2,1H3;3-9H,2H2,1H3;1-7H;;;;;1H2/q;;;;;;;+1;/p-1. The molecule has 13 aromatic rings. The fourth-order valence-electron chi connectivity index (χ4n) is 8.28. The molecule has 8 heterocycles. The molecule has 0 saturated carbocycles. The van der Waals surface area contributed by atoms with E-state index < -0.39 is 0 Å². The van der Waals surface area contributed by atoms with E-state index in [0.717, 1.165) is 89.9 Å². The summed E-state index contributed by atoms with van der Waals surface area (Å²) in [4.78, 5) is 78.9. The number of hydrogen-bond acceptors (Lipinski definition) is 16. The van der Waals surface area contributed by atoms with Crippen molar-refractivity contribution < 1.29 is 57.9 Å². The van der Waals surface area contributed by atoms with Crippen molar-refractivity contribution in [2.45, 2.75) is 26.7 Å². The number of nitrogens with zero attached hydrogens (tertiary/aromatic N) is 12. The van der Waals surface area contributed by atoms with Crippen LogP contribution in [0.4, 0.5) is 5.69 Å². The molecule has 0 bridgehead atoms. The summed E-state index contributed by atoms with van der Waals surface area (Å²) in [6.07, 6.45) is 16.0. The monoisotopic (exact) mass is 1380 g/mol. The molecule has 2 N–H and O–H groups in total. The number of fused-ring (bicyclic) bond motifs is 4. The van der Waals surface area contributed by atoms with Gasteiger partial charge in [-0.05, 0) is 139 Å². The molecule has 13 rings (SSSR count). The number of aromatic nitrogens is 12. The zero-order valence-electron chi connectivity index (χ0n) is 47.9. The van der Waals surface area contributed by atoms with E-state index in [0.29, 0.717) is 41.8 Å². The van der Waals surface area contributed by atoms with Crippen LogP contribution in [0.25, 0.3) is 66.9 Å². The summed E-state index contributed by atoms with van der Waals surface area (Å²) in [6, 6.07) is 40.5. The van der Waals surface area contributed by atoms with Gasteiger partial charge in [-0.15, -0.1) is 0 Å². The van der Waals surface area contributed by atoms with Crippen molar-refractivity contribution in [1.29, 1.82) is 0 Å². The first-order valence-electron chi connectivity index (χ1n) is 25.9. The second kappa shape index (κ2) is 36.2. The van der Waals surface area contributed by atoms with E-state index in [9.17, 15) is 4.79 Å². The van der Waals surface area contributed by atoms with Gasteiger partial charge in [0.15, 0.2) is 22.6 Å². The van der Waals surface area contributed by atoms with Gasteiger partial charge in [0.1, 0.15) is 0 Å². The summed E-state index contributed by atoms with van der Waals surface area (Å²) in [5.41, 5.74) is 9.37. The molecule has 0 atom stereocenters. The Morgan fingerprint density at radius 1 is 0.402 bits per heavy atom. The van der Waals surface area contributed by atoms with Crippen molar-refractivity contribution >= 4 is 167 Å². The number of benzene rings is 5. The van der Waals surface area contributed by atoms with Gasteiger partial charge in [-0.3, -0.25) is 4.79 Å². The zero-order chi connectivity index (χ0) is 64.9. The van der Waals surface area contributed by atoms with Crippen molar-refractivity contribution in [1.82, 2.24) is 59.1 Å². The van der Waals surface area contributed by atoms with Gasteiger partial charge in [-0.25, -0.2) is 38.7 Å². The number of amides is 1. The smallest absolute Gasteiger partial charge is 0.870 e. The predicted octanol–water partition coefficient (Wildman–Crippen LogP) is 12.4. The number of para-hydroxylation sites is 1. The molecule has 8 aromatic heterocycles. The van der Waals surface area contributed by atoms with Crippen LogP contribution in [-0.4, -0.2) is 88.9 Å². The molecular weight excluding hydrogens is 1350 g/mol. The van der Waals surface area contributed by atoms with Crippen LogP contribution in [0.1, 0.15) is 35.3 Å². The van der Waals surface area contributed by atoms with Crippen LogP contribution in [0, 0.1) is 0 Å². The third kappa shape index (κ3) is 18.4. The molecular formula is C62H42Cl8LiN13O8. The topological polar surface area (TPSA) is 284 Å². The molecule has 0 saturated heterocycles. The normalized spacial score (nSPS) is 9.93. The van der Waals surface area contributed by atoms with Crippen LogP contribution in [0.3, 0.4) is 0 Å². The van der Waals surface area contributed by atoms with Gasteiger partial charge in [-0.2, -0.15) is 49.2 Å². The SMILES string of the molecule is CCc1cnc2c(cnn2-c2ccc(Cl)cc2)c1Cl.CCc1cnc2c(cnn2-c2ccccc2)c1Cl.Clc1ccc(-n2ncc3c(Cl)ccnc32)cc1.O=C(Nc1ccc(Cl)cc1)c1cnc2c(cnn2-c2ccc(Cl)cc2)c1Cl.O=C=O.O=C=O.O=C=O.[Li+].[OH-]. The molecule has 1 amide bonds. The molecule has 0 fully saturated rings. The molecule has 21 nitrogen and oxygen atoms in total. The van der Waals surface area contributed by atoms with Crippen molar-refractivity contribution in [3.63, 3.8) is 0 Å². The fourth-order valence-corrected chi connectivity index (χ4v) is 9.87. The Balaban J connectivity index is 0.000000214. The Morgan fingerprint density at radius 3 is 1.09 bits per heavy atom. The van der Waals surface area contributed by atoms with E-state index >= 15 is 0 Å². The molecule has 92 heavy (non-hydrogen) atoms. The quantitative estimate of drug-likeness (QED) is 0.138. The van der Waals surface area contributed by atoms with Crippen molar-refractivity contribution in [2.24, 2.45) is 0 Å². The Hall–Kier alpha value is -8.93. The molecule has 30 heteroatoms. The summed E-state index contributed by atoms with van der Waals surface area (Å²) in [6.45, 7) is 4.12. The number of halogens is 8. The number of carbonyl (C=O) groups excluding carboxylic acids is 7. The van der Waals surface area contributed by atoms with Gasteiger partial charge >= 0.3 is 37.3 Å². The maximum Gasteiger partial charge on any atom is 1.00 e. The van der Waals surface area contributed by atoms with Crippen LogP contribution in [-0.2, 0) is 41.6 Å². The van der Waals surface area contributed by atoms with E-state index in [1.165, 1.54) is 6.20 Å². The van der Waals surface area contributed by atoms with Gasteiger partial charge < -0.3 is 10.8 Å². The number of anilines is 1. The average molecular weight is 1390 g/mol. The summed E-state index contributed by atoms with van der Waals surface area (Å²) in [5, 5.41) is 28.3. The molecule has 0 spiro atoms. The molecule has 460 valence electrons. The van der Waals surface area contributed by atoms with E-state index in [4.69, 9.17) is 122 Å². The van der Waals surface area contributed by atoms with E-state index in [2.05, 4.69) is 59.5 Å². The zero-order valence-corrected chi connectivity index (χ0v) is 54.0. The molecule has 0 aliphatic rings. The number of carbonyl (C=O) groups is 1. The van der Waals surface area contributed by atoms with Crippen molar-refractivity contribution in [3.05, 3.63) is 240 Å². The van der Waals surface area contributed by atoms with Gasteiger partial charge in [0, 0.05) is 50.6 Å².